The second-order valence-electron chi connectivity index (χ2n) is 12.0. The van der Waals surface area contributed by atoms with E-state index in [-0.39, 0.29) is 6.10 Å². The van der Waals surface area contributed by atoms with Gasteiger partial charge in [-0.1, -0.05) is 25.7 Å². The van der Waals surface area contributed by atoms with Gasteiger partial charge in [0.2, 0.25) is 0 Å². The van der Waals surface area contributed by atoms with E-state index < -0.39 is 0 Å². The second kappa shape index (κ2) is 15.9. The summed E-state index contributed by atoms with van der Waals surface area (Å²) in [5.41, 5.74) is 0. The van der Waals surface area contributed by atoms with E-state index in [0.717, 1.165) is 58.8 Å². The number of hydrogen-bond acceptors (Lipinski definition) is 7. The predicted molar refractivity (Wildman–Crippen MR) is 146 cm³/mol. The highest BCUT2D eigenvalue weighted by Gasteiger charge is 2.25. The molecule has 7 nitrogen and oxygen atoms in total. The predicted octanol–water partition coefficient (Wildman–Crippen LogP) is 1.91. The maximum atomic E-state index is 11.2. The van der Waals surface area contributed by atoms with E-state index in [2.05, 4.69) is 31.1 Å². The molecule has 0 aromatic rings. The maximum Gasteiger partial charge on any atom is 0.0679 e. The van der Waals surface area contributed by atoms with Crippen LogP contribution in [0.4, 0.5) is 0 Å². The number of nitrogens with one attached hydrogen (secondary N) is 4. The minimum atomic E-state index is -0.247. The van der Waals surface area contributed by atoms with E-state index in [9.17, 15) is 5.11 Å². The van der Waals surface area contributed by atoms with Gasteiger partial charge in [0.1, 0.15) is 0 Å². The molecule has 4 saturated heterocycles. The first kappa shape index (κ1) is 27.7. The lowest BCUT2D eigenvalue weighted by Crippen LogP contribution is -2.51. The average molecular weight is 493 g/mol. The van der Waals surface area contributed by atoms with Crippen LogP contribution in [0.2, 0.25) is 0 Å². The third-order valence-electron chi connectivity index (χ3n) is 8.81. The Morgan fingerprint density at radius 3 is 1.26 bits per heavy atom. The lowest BCUT2D eigenvalue weighted by Gasteiger charge is -2.36. The summed E-state index contributed by atoms with van der Waals surface area (Å²) in [5, 5.41) is 26.2. The molecule has 4 rings (SSSR count). The Bertz CT molecular complexity index is 502. The first-order chi connectivity index (χ1) is 17.2. The Labute approximate surface area is 215 Å². The van der Waals surface area contributed by atoms with E-state index in [1.807, 2.05) is 0 Å². The van der Waals surface area contributed by atoms with Crippen molar-refractivity contribution in [2.45, 2.75) is 114 Å². The zero-order valence-electron chi connectivity index (χ0n) is 22.5. The molecule has 0 spiro atoms. The van der Waals surface area contributed by atoms with Gasteiger partial charge in [0.05, 0.1) is 6.10 Å². The SMILES string of the molecule is OC(CCN(CC1CCCCN1)CC1CCCCN1)CN(CC1CCCCN1)CC1CCCCN1. The van der Waals surface area contributed by atoms with Crippen LogP contribution in [0.25, 0.3) is 0 Å². The second-order valence-corrected chi connectivity index (χ2v) is 12.0. The molecule has 5 N–H and O–H groups in total. The molecule has 204 valence electrons. The zero-order valence-corrected chi connectivity index (χ0v) is 22.5. The normalized spacial score (nSPS) is 31.6. The highest BCUT2D eigenvalue weighted by Crippen LogP contribution is 2.15. The van der Waals surface area contributed by atoms with Crippen LogP contribution >= 0.6 is 0 Å². The summed E-state index contributed by atoms with van der Waals surface area (Å²) in [6.07, 6.45) is 16.4. The molecule has 0 aromatic heterocycles. The number of hydrogen-bond donors (Lipinski definition) is 5. The van der Waals surface area contributed by atoms with Crippen LogP contribution in [0.1, 0.15) is 83.5 Å². The van der Waals surface area contributed by atoms with E-state index in [1.54, 1.807) is 0 Å². The molecule has 4 aliphatic rings. The molecule has 4 aliphatic heterocycles. The molecule has 0 bridgehead atoms. The fraction of sp³-hybridized carbons (Fsp3) is 1.00. The average Bonchev–Trinajstić information content (AvgIpc) is 2.90. The van der Waals surface area contributed by atoms with Gasteiger partial charge in [-0.05, 0) is 84.0 Å². The first-order valence-electron chi connectivity index (χ1n) is 15.3. The highest BCUT2D eigenvalue weighted by atomic mass is 16.3. The van der Waals surface area contributed by atoms with Crippen LogP contribution in [0.5, 0.6) is 0 Å². The van der Waals surface area contributed by atoms with E-state index in [4.69, 9.17) is 0 Å². The lowest BCUT2D eigenvalue weighted by molar-refractivity contribution is 0.0756. The highest BCUT2D eigenvalue weighted by molar-refractivity contribution is 4.84. The van der Waals surface area contributed by atoms with Crippen molar-refractivity contribution in [1.82, 2.24) is 31.1 Å². The van der Waals surface area contributed by atoms with Crippen LogP contribution in [-0.4, -0.2) is 111 Å². The molecule has 4 heterocycles. The third kappa shape index (κ3) is 10.5. The van der Waals surface area contributed by atoms with Crippen molar-refractivity contribution in [3.05, 3.63) is 0 Å². The Morgan fingerprint density at radius 1 is 0.543 bits per heavy atom. The van der Waals surface area contributed by atoms with Gasteiger partial charge in [0, 0.05) is 63.4 Å². The van der Waals surface area contributed by atoms with Gasteiger partial charge in [-0.15, -0.1) is 0 Å². The van der Waals surface area contributed by atoms with Gasteiger partial charge in [-0.25, -0.2) is 0 Å². The molecule has 0 aromatic carbocycles. The fourth-order valence-electron chi connectivity index (χ4n) is 6.77. The molecule has 5 atom stereocenters. The van der Waals surface area contributed by atoms with Crippen molar-refractivity contribution in [2.75, 3.05) is 65.4 Å². The first-order valence-corrected chi connectivity index (χ1v) is 15.3. The van der Waals surface area contributed by atoms with Gasteiger partial charge in [0.15, 0.2) is 0 Å². The van der Waals surface area contributed by atoms with Crippen molar-refractivity contribution in [2.24, 2.45) is 0 Å². The summed E-state index contributed by atoms with van der Waals surface area (Å²) in [6.45, 7) is 10.9. The molecule has 35 heavy (non-hydrogen) atoms. The van der Waals surface area contributed by atoms with Crippen molar-refractivity contribution in [3.63, 3.8) is 0 Å². The summed E-state index contributed by atoms with van der Waals surface area (Å²) >= 11 is 0. The fourth-order valence-corrected chi connectivity index (χ4v) is 6.77. The van der Waals surface area contributed by atoms with E-state index in [1.165, 1.54) is 90.1 Å². The minimum Gasteiger partial charge on any atom is -0.392 e. The summed E-state index contributed by atoms with van der Waals surface area (Å²) in [7, 11) is 0. The Balaban J connectivity index is 1.27. The molecule has 5 unspecified atom stereocenters. The van der Waals surface area contributed by atoms with Gasteiger partial charge in [-0.2, -0.15) is 0 Å². The third-order valence-corrected chi connectivity index (χ3v) is 8.81. The summed E-state index contributed by atoms with van der Waals surface area (Å²) in [5.74, 6) is 0. The molecular weight excluding hydrogens is 436 g/mol. The van der Waals surface area contributed by atoms with Crippen LogP contribution in [-0.2, 0) is 0 Å². The van der Waals surface area contributed by atoms with Crippen molar-refractivity contribution < 1.29 is 5.11 Å². The Kier molecular flexibility index (Phi) is 12.6. The van der Waals surface area contributed by atoms with Gasteiger partial charge in [0.25, 0.3) is 0 Å². The van der Waals surface area contributed by atoms with E-state index in [0.29, 0.717) is 24.2 Å². The maximum absolute atomic E-state index is 11.2. The van der Waals surface area contributed by atoms with Gasteiger partial charge in [-0.3, -0.25) is 4.90 Å². The largest absolute Gasteiger partial charge is 0.392 e. The summed E-state index contributed by atoms with van der Waals surface area (Å²) in [6, 6.07) is 2.42. The molecular formula is C28H56N6O. The molecule has 7 heteroatoms. The lowest BCUT2D eigenvalue weighted by atomic mass is 10.0. The molecule has 0 aliphatic carbocycles. The monoisotopic (exact) mass is 492 g/mol. The van der Waals surface area contributed by atoms with Crippen LogP contribution < -0.4 is 21.3 Å². The van der Waals surface area contributed by atoms with Crippen LogP contribution in [0, 0.1) is 0 Å². The molecule has 0 saturated carbocycles. The van der Waals surface area contributed by atoms with Gasteiger partial charge < -0.3 is 31.3 Å². The number of rotatable bonds is 13. The number of nitrogens with zero attached hydrogens (tertiary/aromatic N) is 2. The molecule has 4 fully saturated rings. The van der Waals surface area contributed by atoms with E-state index >= 15 is 0 Å². The number of piperidine rings is 4. The van der Waals surface area contributed by atoms with Gasteiger partial charge >= 0.3 is 0 Å². The Morgan fingerprint density at radius 2 is 0.914 bits per heavy atom. The standard InChI is InChI=1S/C28H56N6O/c35-28(23-34(21-26-11-3-7-16-31-26)22-27-12-4-8-17-32-27)13-18-33(19-24-9-1-5-14-29-24)20-25-10-2-6-15-30-25/h24-32,35H,1-23H2. The molecule has 0 radical (unpaired) electrons. The number of aliphatic hydroxyl groups is 1. The Hall–Kier alpha value is -0.280. The topological polar surface area (TPSA) is 74.8 Å². The minimum absolute atomic E-state index is 0.247. The summed E-state index contributed by atoms with van der Waals surface area (Å²) in [4.78, 5) is 5.23. The van der Waals surface area contributed by atoms with Crippen LogP contribution in [0.15, 0.2) is 0 Å². The quantitative estimate of drug-likeness (QED) is 0.269. The van der Waals surface area contributed by atoms with Crippen molar-refractivity contribution in [3.8, 4) is 0 Å². The zero-order chi connectivity index (χ0) is 24.1. The summed E-state index contributed by atoms with van der Waals surface area (Å²) < 4.78 is 0. The molecule has 0 amide bonds. The smallest absolute Gasteiger partial charge is 0.0679 e. The van der Waals surface area contributed by atoms with Crippen LogP contribution in [0.3, 0.4) is 0 Å². The van der Waals surface area contributed by atoms with Crippen molar-refractivity contribution >= 4 is 0 Å². The number of aliphatic hydroxyl groups excluding tert-OH is 1. The van der Waals surface area contributed by atoms with Crippen molar-refractivity contribution in [1.29, 1.82) is 0 Å².